The highest BCUT2D eigenvalue weighted by atomic mass is 16.1. The minimum absolute atomic E-state index is 0.0791. The Labute approximate surface area is 142 Å². The highest BCUT2D eigenvalue weighted by molar-refractivity contribution is 5.90. The molecule has 1 aromatic heterocycles. The van der Waals surface area contributed by atoms with Gasteiger partial charge in [-0.05, 0) is 64.0 Å². The third kappa shape index (κ3) is 4.20. The molecule has 2 heterocycles. The fourth-order valence-electron chi connectivity index (χ4n) is 3.20. The summed E-state index contributed by atoms with van der Waals surface area (Å²) in [5.74, 6) is 1.54. The van der Waals surface area contributed by atoms with Gasteiger partial charge in [-0.15, -0.1) is 0 Å². The first-order valence-electron chi connectivity index (χ1n) is 8.61. The number of aryl methyl sites for hydroxylation is 1. The minimum atomic E-state index is 0.0791. The number of hydrogen-bond donors (Lipinski definition) is 2. The Balaban J connectivity index is 1.51. The maximum Gasteiger partial charge on any atom is 0.224 e. The monoisotopic (exact) mass is 327 g/mol. The summed E-state index contributed by atoms with van der Waals surface area (Å²) in [5.41, 5.74) is 1.74. The molecule has 0 radical (unpaired) electrons. The van der Waals surface area contributed by atoms with Gasteiger partial charge < -0.3 is 10.2 Å². The number of hydrogen-bond acceptors (Lipinski definition) is 4. The van der Waals surface area contributed by atoms with Gasteiger partial charge in [-0.3, -0.25) is 9.89 Å². The zero-order valence-corrected chi connectivity index (χ0v) is 14.4. The van der Waals surface area contributed by atoms with Crippen molar-refractivity contribution in [1.82, 2.24) is 20.1 Å². The van der Waals surface area contributed by atoms with Crippen molar-refractivity contribution >= 4 is 11.6 Å². The number of rotatable bonds is 5. The van der Waals surface area contributed by atoms with E-state index in [2.05, 4.69) is 32.4 Å². The highest BCUT2D eigenvalue weighted by Crippen LogP contribution is 2.20. The van der Waals surface area contributed by atoms with E-state index in [4.69, 9.17) is 0 Å². The normalized spacial score (nSPS) is 18.5. The van der Waals surface area contributed by atoms with E-state index in [-0.39, 0.29) is 5.91 Å². The molecule has 24 heavy (non-hydrogen) atoms. The molecule has 6 heteroatoms. The molecule has 1 fully saturated rings. The van der Waals surface area contributed by atoms with Crippen LogP contribution in [-0.2, 0) is 4.79 Å². The molecule has 3 rings (SSSR count). The van der Waals surface area contributed by atoms with E-state index < -0.39 is 0 Å². The maximum atomic E-state index is 12.2. The third-order valence-electron chi connectivity index (χ3n) is 4.65. The average Bonchev–Trinajstić information content (AvgIpc) is 3.01. The predicted molar refractivity (Wildman–Crippen MR) is 94.7 cm³/mol. The van der Waals surface area contributed by atoms with Crippen molar-refractivity contribution in [2.75, 3.05) is 18.9 Å². The number of benzene rings is 1. The molecule has 1 aliphatic heterocycles. The summed E-state index contributed by atoms with van der Waals surface area (Å²) in [6, 6.07) is 8.18. The molecule has 128 valence electrons. The molecule has 0 spiro atoms. The van der Waals surface area contributed by atoms with Crippen molar-refractivity contribution < 1.29 is 4.79 Å². The smallest absolute Gasteiger partial charge is 0.224 e. The van der Waals surface area contributed by atoms with Gasteiger partial charge >= 0.3 is 0 Å². The minimum Gasteiger partial charge on any atom is -0.326 e. The first-order valence-corrected chi connectivity index (χ1v) is 8.61. The van der Waals surface area contributed by atoms with Crippen molar-refractivity contribution in [3.63, 3.8) is 0 Å². The van der Waals surface area contributed by atoms with E-state index in [0.29, 0.717) is 18.3 Å². The number of aromatic amines is 1. The summed E-state index contributed by atoms with van der Waals surface area (Å²) in [5, 5.41) is 9.94. The first kappa shape index (κ1) is 16.6. The Morgan fingerprint density at radius 2 is 2.12 bits per heavy atom. The van der Waals surface area contributed by atoms with Crippen LogP contribution in [0.3, 0.4) is 0 Å². The van der Waals surface area contributed by atoms with Crippen LogP contribution in [0.5, 0.6) is 0 Å². The lowest BCUT2D eigenvalue weighted by Gasteiger charge is -2.32. The van der Waals surface area contributed by atoms with Gasteiger partial charge in [-0.1, -0.05) is 6.42 Å². The topological polar surface area (TPSA) is 73.9 Å². The maximum absolute atomic E-state index is 12.2. The Kier molecular flexibility index (Phi) is 5.25. The van der Waals surface area contributed by atoms with Gasteiger partial charge in [0.05, 0.1) is 0 Å². The van der Waals surface area contributed by atoms with Crippen LogP contribution in [0.25, 0.3) is 11.4 Å². The fraction of sp³-hybridized carbons (Fsp3) is 0.500. The lowest BCUT2D eigenvalue weighted by molar-refractivity contribution is -0.116. The molecule has 2 N–H and O–H groups in total. The molecule has 0 saturated carbocycles. The predicted octanol–water partition coefficient (Wildman–Crippen LogP) is 2.98. The van der Waals surface area contributed by atoms with Gasteiger partial charge in [0.15, 0.2) is 5.82 Å². The highest BCUT2D eigenvalue weighted by Gasteiger charge is 2.19. The summed E-state index contributed by atoms with van der Waals surface area (Å²) in [7, 11) is 2.16. The molecule has 1 aromatic carbocycles. The molecule has 1 amide bonds. The van der Waals surface area contributed by atoms with Crippen LogP contribution in [0.4, 0.5) is 5.69 Å². The van der Waals surface area contributed by atoms with Gasteiger partial charge in [0.25, 0.3) is 0 Å². The molecule has 1 unspecified atom stereocenters. The fourth-order valence-corrected chi connectivity index (χ4v) is 3.20. The summed E-state index contributed by atoms with van der Waals surface area (Å²) in [6.45, 7) is 3.02. The summed E-state index contributed by atoms with van der Waals surface area (Å²) >= 11 is 0. The lowest BCUT2D eigenvalue weighted by atomic mass is 9.98. The number of amides is 1. The number of aromatic nitrogens is 3. The van der Waals surface area contributed by atoms with Gasteiger partial charge in [-0.2, -0.15) is 5.10 Å². The zero-order chi connectivity index (χ0) is 16.9. The number of nitrogens with one attached hydrogen (secondary N) is 2. The number of anilines is 1. The molecule has 1 atom stereocenters. The second-order valence-corrected chi connectivity index (χ2v) is 6.54. The Morgan fingerprint density at radius 3 is 2.79 bits per heavy atom. The zero-order valence-electron chi connectivity index (χ0n) is 14.4. The van der Waals surface area contributed by atoms with Crippen molar-refractivity contribution in [1.29, 1.82) is 0 Å². The number of likely N-dealkylation sites (tertiary alicyclic amines) is 1. The summed E-state index contributed by atoms with van der Waals surface area (Å²) in [4.78, 5) is 18.8. The van der Waals surface area contributed by atoms with E-state index in [1.165, 1.54) is 19.3 Å². The Bertz CT molecular complexity index is 679. The van der Waals surface area contributed by atoms with Crippen LogP contribution in [-0.4, -0.2) is 45.6 Å². The van der Waals surface area contributed by atoms with Crippen LogP contribution in [0.2, 0.25) is 0 Å². The number of carbonyl (C=O) groups is 1. The number of nitrogens with zero attached hydrogens (tertiary/aromatic N) is 3. The number of carbonyl (C=O) groups excluding carboxylic acids is 1. The van der Waals surface area contributed by atoms with E-state index >= 15 is 0 Å². The van der Waals surface area contributed by atoms with E-state index in [0.717, 1.165) is 30.0 Å². The summed E-state index contributed by atoms with van der Waals surface area (Å²) < 4.78 is 0. The van der Waals surface area contributed by atoms with Crippen LogP contribution in [0.1, 0.15) is 37.9 Å². The van der Waals surface area contributed by atoms with Crippen molar-refractivity contribution in [2.45, 2.75) is 45.1 Å². The van der Waals surface area contributed by atoms with Crippen LogP contribution in [0, 0.1) is 6.92 Å². The molecular weight excluding hydrogens is 302 g/mol. The largest absolute Gasteiger partial charge is 0.326 e. The molecular formula is C18H25N5O. The standard InChI is InChI=1S/C18H25N5O/c1-13-19-18(22-21-13)14-6-8-15(9-7-14)20-17(24)11-10-16-5-3-4-12-23(16)2/h6-9,16H,3-5,10-12H2,1-2H3,(H,20,24)(H,19,21,22). The van der Waals surface area contributed by atoms with E-state index in [1.54, 1.807) is 0 Å². The van der Waals surface area contributed by atoms with Crippen molar-refractivity contribution in [2.24, 2.45) is 0 Å². The average molecular weight is 327 g/mol. The lowest BCUT2D eigenvalue weighted by Crippen LogP contribution is -2.36. The second-order valence-electron chi connectivity index (χ2n) is 6.54. The molecule has 0 aliphatic carbocycles. The quantitative estimate of drug-likeness (QED) is 0.885. The van der Waals surface area contributed by atoms with Crippen LogP contribution < -0.4 is 5.32 Å². The van der Waals surface area contributed by atoms with Crippen molar-refractivity contribution in [3.05, 3.63) is 30.1 Å². The number of H-pyrrole nitrogens is 1. The van der Waals surface area contributed by atoms with E-state index in [9.17, 15) is 4.79 Å². The van der Waals surface area contributed by atoms with Gasteiger partial charge in [0.1, 0.15) is 5.82 Å². The number of piperidine rings is 1. The van der Waals surface area contributed by atoms with Crippen LogP contribution in [0.15, 0.2) is 24.3 Å². The molecule has 6 nitrogen and oxygen atoms in total. The molecule has 2 aromatic rings. The first-order chi connectivity index (χ1) is 11.6. The Morgan fingerprint density at radius 1 is 1.33 bits per heavy atom. The SMILES string of the molecule is Cc1nc(-c2ccc(NC(=O)CCC3CCCCN3C)cc2)n[nH]1. The van der Waals surface area contributed by atoms with E-state index in [1.807, 2.05) is 31.2 Å². The summed E-state index contributed by atoms with van der Waals surface area (Å²) in [6.07, 6.45) is 5.25. The molecule has 0 bridgehead atoms. The Hall–Kier alpha value is -2.21. The second kappa shape index (κ2) is 7.57. The molecule has 1 aliphatic rings. The molecule has 1 saturated heterocycles. The van der Waals surface area contributed by atoms with Gasteiger partial charge in [0, 0.05) is 23.7 Å². The third-order valence-corrected chi connectivity index (χ3v) is 4.65. The van der Waals surface area contributed by atoms with Crippen molar-refractivity contribution in [3.8, 4) is 11.4 Å². The van der Waals surface area contributed by atoms with Gasteiger partial charge in [0.2, 0.25) is 5.91 Å². The van der Waals surface area contributed by atoms with Crippen LogP contribution >= 0.6 is 0 Å². The van der Waals surface area contributed by atoms with Gasteiger partial charge in [-0.25, -0.2) is 4.98 Å².